The molecule has 1 fully saturated rings. The lowest BCUT2D eigenvalue weighted by molar-refractivity contribution is -0.133. The van der Waals surface area contributed by atoms with E-state index < -0.39 is 17.2 Å². The molecule has 5 rings (SSSR count). The molecule has 3 heterocycles. The Morgan fingerprint density at radius 3 is 2.74 bits per heavy atom. The number of ether oxygens (including phenoxy) is 1. The second-order valence-corrected chi connectivity index (χ2v) is 8.11. The van der Waals surface area contributed by atoms with E-state index in [2.05, 4.69) is 5.32 Å². The third kappa shape index (κ3) is 2.99. The maximum atomic E-state index is 13.5. The van der Waals surface area contributed by atoms with Crippen molar-refractivity contribution in [3.05, 3.63) is 74.6 Å². The summed E-state index contributed by atoms with van der Waals surface area (Å²) in [7, 11) is 0. The Hall–Kier alpha value is -3.32. The van der Waals surface area contributed by atoms with Gasteiger partial charge in [-0.1, -0.05) is 36.7 Å². The van der Waals surface area contributed by atoms with E-state index in [9.17, 15) is 14.4 Å². The van der Waals surface area contributed by atoms with E-state index in [-0.39, 0.29) is 12.5 Å². The maximum absolute atomic E-state index is 13.5. The number of imide groups is 1. The van der Waals surface area contributed by atoms with Gasteiger partial charge in [-0.15, -0.1) is 0 Å². The first-order valence-electron chi connectivity index (χ1n) is 10.0. The third-order valence-electron chi connectivity index (χ3n) is 5.96. The molecule has 2 aliphatic rings. The fourth-order valence-electron chi connectivity index (χ4n) is 4.38. The van der Waals surface area contributed by atoms with Crippen molar-refractivity contribution in [1.29, 1.82) is 0 Å². The molecule has 31 heavy (non-hydrogen) atoms. The van der Waals surface area contributed by atoms with Crippen LogP contribution in [-0.4, -0.2) is 23.4 Å². The highest BCUT2D eigenvalue weighted by molar-refractivity contribution is 6.32. The second-order valence-electron chi connectivity index (χ2n) is 7.71. The van der Waals surface area contributed by atoms with E-state index in [1.165, 1.54) is 6.07 Å². The van der Waals surface area contributed by atoms with Crippen molar-refractivity contribution in [2.24, 2.45) is 0 Å². The Kier molecular flexibility index (Phi) is 4.51. The van der Waals surface area contributed by atoms with Crippen LogP contribution in [0, 0.1) is 0 Å². The molecule has 0 bridgehead atoms. The maximum Gasteiger partial charge on any atom is 0.336 e. The molecule has 158 valence electrons. The van der Waals surface area contributed by atoms with Crippen LogP contribution in [0.3, 0.4) is 0 Å². The molecule has 1 unspecified atom stereocenters. The van der Waals surface area contributed by atoms with Gasteiger partial charge in [-0.05, 0) is 35.7 Å². The van der Waals surface area contributed by atoms with Crippen molar-refractivity contribution in [3.8, 4) is 5.75 Å². The average molecular weight is 439 g/mol. The van der Waals surface area contributed by atoms with E-state index in [1.54, 1.807) is 30.3 Å². The first kappa shape index (κ1) is 19.6. The van der Waals surface area contributed by atoms with E-state index in [0.717, 1.165) is 10.5 Å². The number of urea groups is 1. The second kappa shape index (κ2) is 7.13. The van der Waals surface area contributed by atoms with Gasteiger partial charge < -0.3 is 14.5 Å². The number of benzene rings is 2. The summed E-state index contributed by atoms with van der Waals surface area (Å²) in [4.78, 5) is 39.7. The van der Waals surface area contributed by atoms with E-state index in [0.29, 0.717) is 52.3 Å². The van der Waals surface area contributed by atoms with Crippen molar-refractivity contribution in [3.63, 3.8) is 0 Å². The predicted molar refractivity (Wildman–Crippen MR) is 114 cm³/mol. The molecule has 7 nitrogen and oxygen atoms in total. The number of fused-ring (bicyclic) bond motifs is 3. The van der Waals surface area contributed by atoms with Crippen molar-refractivity contribution < 1.29 is 18.7 Å². The molecule has 1 aromatic heterocycles. The fourth-order valence-corrected chi connectivity index (χ4v) is 4.67. The van der Waals surface area contributed by atoms with Crippen molar-refractivity contribution >= 4 is 34.5 Å². The van der Waals surface area contributed by atoms with E-state index in [4.69, 9.17) is 20.8 Å². The van der Waals surface area contributed by atoms with Gasteiger partial charge in [0.2, 0.25) is 0 Å². The fraction of sp³-hybridized carbons (Fsp3) is 0.261. The normalized spacial score (nSPS) is 20.1. The Morgan fingerprint density at radius 2 is 1.94 bits per heavy atom. The smallest absolute Gasteiger partial charge is 0.336 e. The molecule has 1 spiro atoms. The van der Waals surface area contributed by atoms with Crippen LogP contribution >= 0.6 is 11.6 Å². The SMILES string of the molecule is CCc1cc2oc(=O)cc(CN3C(=O)NC4(CCOc5ccccc54)C3=O)c2cc1Cl. The quantitative estimate of drug-likeness (QED) is 0.497. The van der Waals surface area contributed by atoms with Crippen LogP contribution in [-0.2, 0) is 23.3 Å². The molecule has 3 aromatic rings. The highest BCUT2D eigenvalue weighted by Gasteiger charge is 2.54. The van der Waals surface area contributed by atoms with Crippen LogP contribution < -0.4 is 15.7 Å². The molecule has 0 saturated carbocycles. The number of amides is 3. The molecule has 2 aromatic carbocycles. The Bertz CT molecular complexity index is 1300. The van der Waals surface area contributed by atoms with Gasteiger partial charge in [0.25, 0.3) is 5.91 Å². The number of carbonyl (C=O) groups is 2. The lowest BCUT2D eigenvalue weighted by atomic mass is 9.84. The lowest BCUT2D eigenvalue weighted by Gasteiger charge is -2.33. The molecular weight excluding hydrogens is 420 g/mol. The zero-order valence-electron chi connectivity index (χ0n) is 16.7. The number of aryl methyl sites for hydroxylation is 1. The monoisotopic (exact) mass is 438 g/mol. The summed E-state index contributed by atoms with van der Waals surface area (Å²) in [6.45, 7) is 2.19. The first-order chi connectivity index (χ1) is 14.9. The average Bonchev–Trinajstić information content (AvgIpc) is 2.99. The number of nitrogens with one attached hydrogen (secondary N) is 1. The zero-order valence-corrected chi connectivity index (χ0v) is 17.5. The minimum Gasteiger partial charge on any atom is -0.493 e. The minimum absolute atomic E-state index is 0.0701. The number of carbonyl (C=O) groups excluding carboxylic acids is 2. The molecule has 1 N–H and O–H groups in total. The van der Waals surface area contributed by atoms with E-state index >= 15 is 0 Å². The van der Waals surface area contributed by atoms with Crippen LogP contribution in [0.25, 0.3) is 11.0 Å². The van der Waals surface area contributed by atoms with Crippen LogP contribution in [0.5, 0.6) is 5.75 Å². The molecule has 1 saturated heterocycles. The highest BCUT2D eigenvalue weighted by Crippen LogP contribution is 2.41. The number of para-hydroxylation sites is 1. The summed E-state index contributed by atoms with van der Waals surface area (Å²) in [6, 6.07) is 11.4. The van der Waals surface area contributed by atoms with Crippen molar-refractivity contribution in [1.82, 2.24) is 10.2 Å². The molecular formula is C23H19ClN2O5. The molecule has 2 aliphatic heterocycles. The summed E-state index contributed by atoms with van der Waals surface area (Å²) in [5.41, 5.74) is 0.634. The standard InChI is InChI=1S/C23H19ClN2O5/c1-2-13-9-19-15(11-17(13)24)14(10-20(27)31-19)12-26-21(28)23(25-22(26)29)7-8-30-18-6-4-3-5-16(18)23/h3-6,9-11H,2,7-8,12H2,1H3,(H,25,29). The lowest BCUT2D eigenvalue weighted by Crippen LogP contribution is -2.47. The minimum atomic E-state index is -1.17. The summed E-state index contributed by atoms with van der Waals surface area (Å²) >= 11 is 6.37. The van der Waals surface area contributed by atoms with Gasteiger partial charge in [0.1, 0.15) is 11.3 Å². The van der Waals surface area contributed by atoms with Crippen LogP contribution in [0.15, 0.2) is 51.7 Å². The van der Waals surface area contributed by atoms with E-state index in [1.807, 2.05) is 13.0 Å². The van der Waals surface area contributed by atoms with Gasteiger partial charge in [-0.25, -0.2) is 9.59 Å². The number of hydrogen-bond acceptors (Lipinski definition) is 5. The van der Waals surface area contributed by atoms with Gasteiger partial charge in [0.05, 0.1) is 13.2 Å². The number of nitrogens with zero attached hydrogens (tertiary/aromatic N) is 1. The Labute approximate surface area is 182 Å². The van der Waals surface area contributed by atoms with Gasteiger partial charge in [-0.2, -0.15) is 0 Å². The Balaban J connectivity index is 1.57. The van der Waals surface area contributed by atoms with Gasteiger partial charge >= 0.3 is 11.7 Å². The highest BCUT2D eigenvalue weighted by atomic mass is 35.5. The summed E-state index contributed by atoms with van der Waals surface area (Å²) in [6.07, 6.45) is 1.01. The molecule has 0 aliphatic carbocycles. The van der Waals surface area contributed by atoms with Crippen LogP contribution in [0.1, 0.15) is 30.0 Å². The third-order valence-corrected chi connectivity index (χ3v) is 6.32. The van der Waals surface area contributed by atoms with Gasteiger partial charge in [0, 0.05) is 28.5 Å². The largest absolute Gasteiger partial charge is 0.493 e. The van der Waals surface area contributed by atoms with Crippen LogP contribution in [0.4, 0.5) is 4.79 Å². The number of halogens is 1. The molecule has 8 heteroatoms. The zero-order chi connectivity index (χ0) is 21.8. The summed E-state index contributed by atoms with van der Waals surface area (Å²) < 4.78 is 11.0. The van der Waals surface area contributed by atoms with Crippen LogP contribution in [0.2, 0.25) is 5.02 Å². The summed E-state index contributed by atoms with van der Waals surface area (Å²) in [5, 5.41) is 4.00. The molecule has 0 radical (unpaired) electrons. The first-order valence-corrected chi connectivity index (χ1v) is 10.4. The number of hydrogen-bond donors (Lipinski definition) is 1. The molecule has 3 amide bonds. The predicted octanol–water partition coefficient (Wildman–Crippen LogP) is 3.74. The summed E-state index contributed by atoms with van der Waals surface area (Å²) in [5.74, 6) is 0.208. The van der Waals surface area contributed by atoms with Crippen molar-refractivity contribution in [2.45, 2.75) is 31.8 Å². The van der Waals surface area contributed by atoms with Crippen molar-refractivity contribution in [2.75, 3.05) is 6.61 Å². The Morgan fingerprint density at radius 1 is 1.13 bits per heavy atom. The van der Waals surface area contributed by atoms with Gasteiger partial charge in [-0.3, -0.25) is 9.69 Å². The molecule has 1 atom stereocenters. The van der Waals surface area contributed by atoms with Gasteiger partial charge in [0.15, 0.2) is 5.54 Å². The number of rotatable bonds is 3. The topological polar surface area (TPSA) is 88.8 Å².